The van der Waals surface area contributed by atoms with Crippen LogP contribution in [0, 0.1) is 0 Å². The number of hydrogen-bond donors (Lipinski definition) is 0. The second-order valence-corrected chi connectivity index (χ2v) is 7.39. The van der Waals surface area contributed by atoms with Gasteiger partial charge in [-0.05, 0) is 35.3 Å². The number of fused-ring (bicyclic) bond motifs is 1. The topological polar surface area (TPSA) is 65.1 Å². The normalized spacial score (nSPS) is 17.4. The van der Waals surface area contributed by atoms with E-state index in [0.29, 0.717) is 49.3 Å². The molecule has 4 rings (SSSR count). The molecule has 0 radical (unpaired) electrons. The van der Waals surface area contributed by atoms with Gasteiger partial charge in [0.2, 0.25) is 5.78 Å². The summed E-state index contributed by atoms with van der Waals surface area (Å²) in [4.78, 5) is 26.5. The molecule has 0 N–H and O–H groups in total. The Morgan fingerprint density at radius 2 is 1.83 bits per heavy atom. The number of rotatable bonds is 3. The highest BCUT2D eigenvalue weighted by Gasteiger charge is 2.28. The molecule has 2 aromatic rings. The van der Waals surface area contributed by atoms with Crippen molar-refractivity contribution < 1.29 is 23.8 Å². The van der Waals surface area contributed by atoms with Gasteiger partial charge in [0.05, 0.1) is 18.8 Å². The Bertz CT molecular complexity index is 956. The molecule has 2 aromatic carbocycles. The largest absolute Gasteiger partial charge is 0.452 e. The lowest BCUT2D eigenvalue weighted by Crippen LogP contribution is -2.42. The molecular weight excluding hydrogens is 370 g/mol. The molecule has 2 heterocycles. The Hall–Kier alpha value is -3.12. The van der Waals surface area contributed by atoms with Gasteiger partial charge >= 0.3 is 6.09 Å². The van der Waals surface area contributed by atoms with E-state index in [0.717, 1.165) is 5.56 Å². The zero-order chi connectivity index (χ0) is 20.4. The van der Waals surface area contributed by atoms with Crippen LogP contribution in [0.15, 0.2) is 48.2 Å². The van der Waals surface area contributed by atoms with Gasteiger partial charge in [-0.25, -0.2) is 4.79 Å². The van der Waals surface area contributed by atoms with Crippen LogP contribution in [-0.4, -0.2) is 43.1 Å². The van der Waals surface area contributed by atoms with E-state index in [1.807, 2.05) is 24.3 Å². The first-order valence-corrected chi connectivity index (χ1v) is 9.74. The van der Waals surface area contributed by atoms with Crippen LogP contribution < -0.4 is 9.47 Å². The number of morpholine rings is 1. The van der Waals surface area contributed by atoms with E-state index in [2.05, 4.69) is 13.8 Å². The van der Waals surface area contributed by atoms with Crippen LogP contribution in [0.5, 0.6) is 11.5 Å². The summed E-state index contributed by atoms with van der Waals surface area (Å²) in [5.41, 5.74) is 2.59. The minimum atomic E-state index is -0.432. The van der Waals surface area contributed by atoms with Crippen LogP contribution in [0.25, 0.3) is 6.08 Å². The number of carbonyl (C=O) groups is 2. The van der Waals surface area contributed by atoms with Gasteiger partial charge in [0.15, 0.2) is 5.76 Å². The number of hydrogen-bond acceptors (Lipinski definition) is 5. The number of amides is 1. The van der Waals surface area contributed by atoms with Gasteiger partial charge in [-0.1, -0.05) is 38.1 Å². The molecule has 1 saturated heterocycles. The maximum atomic E-state index is 12.6. The number of ether oxygens (including phenoxy) is 3. The van der Waals surface area contributed by atoms with Crippen LogP contribution in [-0.2, 0) is 4.74 Å². The molecule has 1 fully saturated rings. The lowest BCUT2D eigenvalue weighted by molar-refractivity contribution is 0.0416. The van der Waals surface area contributed by atoms with E-state index in [1.54, 1.807) is 29.2 Å². The highest BCUT2D eigenvalue weighted by Crippen LogP contribution is 2.35. The fourth-order valence-corrected chi connectivity index (χ4v) is 3.27. The second-order valence-electron chi connectivity index (χ2n) is 7.39. The molecule has 2 aliphatic rings. The van der Waals surface area contributed by atoms with Gasteiger partial charge in [0.25, 0.3) is 0 Å². The smallest absolute Gasteiger partial charge is 0.415 e. The molecular formula is C23H23NO5. The van der Waals surface area contributed by atoms with E-state index in [4.69, 9.17) is 14.2 Å². The third kappa shape index (κ3) is 4.17. The van der Waals surface area contributed by atoms with Gasteiger partial charge in [-0.2, -0.15) is 0 Å². The van der Waals surface area contributed by atoms with Crippen molar-refractivity contribution in [2.45, 2.75) is 19.8 Å². The molecule has 6 heteroatoms. The van der Waals surface area contributed by atoms with Crippen molar-refractivity contribution in [3.8, 4) is 11.5 Å². The van der Waals surface area contributed by atoms with Gasteiger partial charge in [0, 0.05) is 19.2 Å². The SMILES string of the molecule is CC(C)c1ccc(C=C2Oc3cc(OC(=O)N4CCOCC4)ccc3C2=O)cc1. The van der Waals surface area contributed by atoms with Crippen molar-refractivity contribution in [1.29, 1.82) is 0 Å². The molecule has 150 valence electrons. The summed E-state index contributed by atoms with van der Waals surface area (Å²) in [6.45, 7) is 6.28. The Balaban J connectivity index is 1.48. The van der Waals surface area contributed by atoms with Gasteiger partial charge in [0.1, 0.15) is 11.5 Å². The van der Waals surface area contributed by atoms with Crippen LogP contribution in [0.1, 0.15) is 41.3 Å². The first-order valence-electron chi connectivity index (χ1n) is 9.74. The summed E-state index contributed by atoms with van der Waals surface area (Å²) in [5, 5.41) is 0. The van der Waals surface area contributed by atoms with Gasteiger partial charge in [-0.3, -0.25) is 4.79 Å². The maximum absolute atomic E-state index is 12.6. The molecule has 1 amide bonds. The molecule has 0 bridgehead atoms. The first-order chi connectivity index (χ1) is 14.0. The Labute approximate surface area is 169 Å². The van der Waals surface area contributed by atoms with Crippen LogP contribution in [0.4, 0.5) is 4.79 Å². The summed E-state index contributed by atoms with van der Waals surface area (Å²) in [5.74, 6) is 1.26. The molecule has 29 heavy (non-hydrogen) atoms. The molecule has 6 nitrogen and oxygen atoms in total. The van der Waals surface area contributed by atoms with Crippen LogP contribution in [0.2, 0.25) is 0 Å². The predicted molar refractivity (Wildman–Crippen MR) is 108 cm³/mol. The summed E-state index contributed by atoms with van der Waals surface area (Å²) in [6.07, 6.45) is 1.30. The highest BCUT2D eigenvalue weighted by molar-refractivity contribution is 6.14. The summed E-state index contributed by atoms with van der Waals surface area (Å²) in [6, 6.07) is 12.9. The average Bonchev–Trinajstić information content (AvgIpc) is 3.03. The van der Waals surface area contributed by atoms with E-state index in [1.165, 1.54) is 5.56 Å². The van der Waals surface area contributed by atoms with Crippen LogP contribution >= 0.6 is 0 Å². The summed E-state index contributed by atoms with van der Waals surface area (Å²) in [7, 11) is 0. The Kier molecular flexibility index (Phi) is 5.36. The van der Waals surface area contributed by atoms with E-state index in [-0.39, 0.29) is 11.5 Å². The minimum absolute atomic E-state index is 0.181. The summed E-state index contributed by atoms with van der Waals surface area (Å²) >= 11 is 0. The van der Waals surface area contributed by atoms with Crippen molar-refractivity contribution in [1.82, 2.24) is 4.90 Å². The highest BCUT2D eigenvalue weighted by atomic mass is 16.6. The zero-order valence-electron chi connectivity index (χ0n) is 16.5. The average molecular weight is 393 g/mol. The van der Waals surface area contributed by atoms with Gasteiger partial charge in [-0.15, -0.1) is 0 Å². The lowest BCUT2D eigenvalue weighted by atomic mass is 10.0. The minimum Gasteiger partial charge on any atom is -0.452 e. The van der Waals surface area contributed by atoms with Crippen LogP contribution in [0.3, 0.4) is 0 Å². The predicted octanol–water partition coefficient (Wildman–Crippen LogP) is 4.26. The second kappa shape index (κ2) is 8.09. The number of carbonyl (C=O) groups excluding carboxylic acids is 2. The van der Waals surface area contributed by atoms with Crippen molar-refractivity contribution in [3.05, 3.63) is 64.9 Å². The quantitative estimate of drug-likeness (QED) is 0.729. The maximum Gasteiger partial charge on any atom is 0.415 e. The molecule has 0 aromatic heterocycles. The lowest BCUT2D eigenvalue weighted by Gasteiger charge is -2.25. The molecule has 0 saturated carbocycles. The molecule has 0 aliphatic carbocycles. The Morgan fingerprint density at radius 3 is 2.52 bits per heavy atom. The van der Waals surface area contributed by atoms with E-state index in [9.17, 15) is 9.59 Å². The number of nitrogens with zero attached hydrogens (tertiary/aromatic N) is 1. The van der Waals surface area contributed by atoms with Crippen molar-refractivity contribution in [3.63, 3.8) is 0 Å². The fourth-order valence-electron chi connectivity index (χ4n) is 3.27. The first kappa shape index (κ1) is 19.2. The standard InChI is InChI=1S/C23H23NO5/c1-15(2)17-5-3-16(4-6-17)13-21-22(25)19-8-7-18(14-20(19)29-21)28-23(26)24-9-11-27-12-10-24/h3-8,13-15H,9-12H2,1-2H3. The van der Waals surface area contributed by atoms with E-state index >= 15 is 0 Å². The van der Waals surface area contributed by atoms with E-state index < -0.39 is 6.09 Å². The third-order valence-corrected chi connectivity index (χ3v) is 5.02. The molecule has 2 aliphatic heterocycles. The number of allylic oxidation sites excluding steroid dienone is 1. The van der Waals surface area contributed by atoms with Crippen molar-refractivity contribution >= 4 is 18.0 Å². The molecule has 0 atom stereocenters. The fraction of sp³-hybridized carbons (Fsp3) is 0.304. The number of benzene rings is 2. The van der Waals surface area contributed by atoms with Crippen molar-refractivity contribution in [2.75, 3.05) is 26.3 Å². The van der Waals surface area contributed by atoms with Crippen molar-refractivity contribution in [2.24, 2.45) is 0 Å². The van der Waals surface area contributed by atoms with Gasteiger partial charge < -0.3 is 19.1 Å². The Morgan fingerprint density at radius 1 is 1.10 bits per heavy atom. The number of ketones is 1. The zero-order valence-corrected chi connectivity index (χ0v) is 16.5. The monoisotopic (exact) mass is 393 g/mol. The molecule has 0 unspecified atom stereocenters. The third-order valence-electron chi connectivity index (χ3n) is 5.02. The summed E-state index contributed by atoms with van der Waals surface area (Å²) < 4.78 is 16.4. The number of Topliss-reactive ketones (excluding diaryl/α,β-unsaturated/α-hetero) is 1. The molecule has 0 spiro atoms.